The van der Waals surface area contributed by atoms with Gasteiger partial charge in [-0.25, -0.2) is 14.4 Å². The molecular formula is C44H67N3O7. The highest BCUT2D eigenvalue weighted by molar-refractivity contribution is 5.71. The van der Waals surface area contributed by atoms with E-state index in [0.717, 1.165) is 44.3 Å². The highest BCUT2D eigenvalue weighted by Crippen LogP contribution is 2.24. The number of hydrogen-bond donors (Lipinski definition) is 2. The Morgan fingerprint density at radius 1 is 0.630 bits per heavy atom. The first-order valence-corrected chi connectivity index (χ1v) is 20.8. The molecule has 1 aliphatic heterocycles. The molecule has 0 aliphatic carbocycles. The average molecular weight is 750 g/mol. The maximum Gasteiger partial charge on any atom is 0.415 e. The number of unbranched alkanes of at least 4 members (excludes halogenated alkanes) is 15. The van der Waals surface area contributed by atoms with Crippen LogP contribution in [0.25, 0.3) is 0 Å². The van der Waals surface area contributed by atoms with Crippen LogP contribution in [0.4, 0.5) is 14.4 Å². The molecule has 3 rings (SSSR count). The fourth-order valence-electron chi connectivity index (χ4n) is 6.26. The van der Waals surface area contributed by atoms with Crippen LogP contribution in [0.5, 0.6) is 17.2 Å². The normalized spacial score (nSPS) is 13.1. The van der Waals surface area contributed by atoms with Crippen LogP contribution in [-0.4, -0.2) is 62.1 Å². The highest BCUT2D eigenvalue weighted by Gasteiger charge is 2.26. The number of carbonyl (C=O) groups is 3. The van der Waals surface area contributed by atoms with Crippen LogP contribution in [0, 0.1) is 0 Å². The summed E-state index contributed by atoms with van der Waals surface area (Å²) in [6.07, 6.45) is 25.6. The maximum atomic E-state index is 12.6. The predicted molar refractivity (Wildman–Crippen MR) is 215 cm³/mol. The summed E-state index contributed by atoms with van der Waals surface area (Å²) in [4.78, 5) is 38.5. The van der Waals surface area contributed by atoms with Crippen LogP contribution in [0.2, 0.25) is 0 Å². The predicted octanol–water partition coefficient (Wildman–Crippen LogP) is 11.5. The Kier molecular flexibility index (Phi) is 23.9. The van der Waals surface area contributed by atoms with E-state index in [1.54, 1.807) is 29.2 Å². The van der Waals surface area contributed by atoms with Gasteiger partial charge in [-0.15, -0.1) is 0 Å². The van der Waals surface area contributed by atoms with Crippen molar-refractivity contribution in [1.82, 2.24) is 15.5 Å². The number of alkyl carbamates (subject to hydrolysis) is 2. The fraction of sp³-hybridized carbons (Fsp3) is 0.614. The van der Waals surface area contributed by atoms with Crippen molar-refractivity contribution in [2.45, 2.75) is 141 Å². The molecule has 0 saturated carbocycles. The van der Waals surface area contributed by atoms with Gasteiger partial charge in [-0.05, 0) is 87.8 Å². The number of carbonyl (C=O) groups excluding carboxylic acids is 3. The standard InChI is InChI=1S/C44H67N3O7/c1-2-3-4-5-6-7-8-9-10-11-12-13-14-15-16-22-33-45-42(48)51-37-24-18-17-23-34-46-43(49)53-41-31-35-47(36-32-41)44(50)54-40-29-27-39(28-30-40)52-38-25-20-19-21-26-38/h9-10,19-21,25-30,41H,2-8,11-18,22-24,31-37H2,1H3,(H,45,48)(H,46,49). The second kappa shape index (κ2) is 29.2. The number of amides is 3. The summed E-state index contributed by atoms with van der Waals surface area (Å²) in [5.74, 6) is 1.82. The summed E-state index contributed by atoms with van der Waals surface area (Å²) in [6.45, 7) is 4.75. The number of piperidine rings is 1. The SMILES string of the molecule is CCCCCCCCC=CCCCCCCCCNC(=O)OCCCCCCNC(=O)OC1CCN(C(=O)Oc2ccc(Oc3ccccc3)cc2)CC1. The van der Waals surface area contributed by atoms with Crippen LogP contribution in [-0.2, 0) is 9.47 Å². The number of nitrogens with zero attached hydrogens (tertiary/aromatic N) is 1. The zero-order valence-electron chi connectivity index (χ0n) is 32.9. The van der Waals surface area contributed by atoms with E-state index in [4.69, 9.17) is 18.9 Å². The van der Waals surface area contributed by atoms with Crippen LogP contribution >= 0.6 is 0 Å². The third-order valence-electron chi connectivity index (χ3n) is 9.51. The molecule has 2 N–H and O–H groups in total. The van der Waals surface area contributed by atoms with Crippen molar-refractivity contribution in [3.63, 3.8) is 0 Å². The highest BCUT2D eigenvalue weighted by atomic mass is 16.6. The summed E-state index contributed by atoms with van der Waals surface area (Å²) >= 11 is 0. The molecule has 1 heterocycles. The van der Waals surface area contributed by atoms with E-state index < -0.39 is 12.2 Å². The van der Waals surface area contributed by atoms with Gasteiger partial charge in [0.25, 0.3) is 0 Å². The second-order valence-electron chi connectivity index (χ2n) is 14.2. The lowest BCUT2D eigenvalue weighted by Gasteiger charge is -2.30. The van der Waals surface area contributed by atoms with Crippen molar-refractivity contribution in [2.75, 3.05) is 32.8 Å². The number of ether oxygens (including phenoxy) is 4. The van der Waals surface area contributed by atoms with Gasteiger partial charge >= 0.3 is 18.3 Å². The number of likely N-dealkylation sites (tertiary alicyclic amines) is 1. The summed E-state index contributed by atoms with van der Waals surface area (Å²) in [5, 5.41) is 5.67. The van der Waals surface area contributed by atoms with Gasteiger partial charge in [-0.2, -0.15) is 0 Å². The molecule has 0 aromatic heterocycles. The minimum Gasteiger partial charge on any atom is -0.457 e. The molecule has 1 saturated heterocycles. The van der Waals surface area contributed by atoms with E-state index >= 15 is 0 Å². The first-order valence-electron chi connectivity index (χ1n) is 20.8. The van der Waals surface area contributed by atoms with Gasteiger partial charge in [0.05, 0.1) is 6.61 Å². The number of para-hydroxylation sites is 1. The Balaban J connectivity index is 1.06. The van der Waals surface area contributed by atoms with Crippen LogP contribution in [0.3, 0.4) is 0 Å². The van der Waals surface area contributed by atoms with E-state index in [1.165, 1.54) is 77.0 Å². The number of allylic oxidation sites excluding steroid dienone is 2. The van der Waals surface area contributed by atoms with Crippen molar-refractivity contribution in [1.29, 1.82) is 0 Å². The molecule has 10 nitrogen and oxygen atoms in total. The molecule has 0 spiro atoms. The summed E-state index contributed by atoms with van der Waals surface area (Å²) in [5.41, 5.74) is 0. The number of nitrogens with one attached hydrogen (secondary N) is 2. The molecule has 0 unspecified atom stereocenters. The van der Waals surface area contributed by atoms with Crippen LogP contribution < -0.4 is 20.1 Å². The van der Waals surface area contributed by atoms with Crippen LogP contribution in [0.15, 0.2) is 66.7 Å². The van der Waals surface area contributed by atoms with E-state index in [0.29, 0.717) is 57.1 Å². The van der Waals surface area contributed by atoms with Gasteiger partial charge in [0.2, 0.25) is 0 Å². The molecular weight excluding hydrogens is 682 g/mol. The zero-order chi connectivity index (χ0) is 38.3. The molecule has 1 fully saturated rings. The molecule has 3 amide bonds. The number of hydrogen-bond acceptors (Lipinski definition) is 7. The van der Waals surface area contributed by atoms with Crippen molar-refractivity contribution in [2.24, 2.45) is 0 Å². The van der Waals surface area contributed by atoms with Crippen molar-refractivity contribution >= 4 is 18.3 Å². The topological polar surface area (TPSA) is 115 Å². The Morgan fingerprint density at radius 3 is 1.78 bits per heavy atom. The Morgan fingerprint density at radius 2 is 1.15 bits per heavy atom. The van der Waals surface area contributed by atoms with Gasteiger partial charge < -0.3 is 34.5 Å². The molecule has 10 heteroatoms. The molecule has 2 aromatic rings. The van der Waals surface area contributed by atoms with Gasteiger partial charge in [-0.3, -0.25) is 0 Å². The third kappa shape index (κ3) is 21.5. The zero-order valence-corrected chi connectivity index (χ0v) is 32.9. The maximum absolute atomic E-state index is 12.6. The molecule has 0 radical (unpaired) electrons. The lowest BCUT2D eigenvalue weighted by Crippen LogP contribution is -2.43. The first-order chi connectivity index (χ1) is 26.5. The molecule has 1 aliphatic rings. The summed E-state index contributed by atoms with van der Waals surface area (Å²) < 4.78 is 22.2. The van der Waals surface area contributed by atoms with Crippen molar-refractivity contribution < 1.29 is 33.3 Å². The Labute approximate surface area is 324 Å². The van der Waals surface area contributed by atoms with Crippen molar-refractivity contribution in [3.8, 4) is 17.2 Å². The second-order valence-corrected chi connectivity index (χ2v) is 14.2. The smallest absolute Gasteiger partial charge is 0.415 e. The quantitative estimate of drug-likeness (QED) is 0.0690. The summed E-state index contributed by atoms with van der Waals surface area (Å²) in [7, 11) is 0. The van der Waals surface area contributed by atoms with Gasteiger partial charge in [0.1, 0.15) is 23.4 Å². The average Bonchev–Trinajstić information content (AvgIpc) is 3.18. The van der Waals surface area contributed by atoms with E-state index in [2.05, 4.69) is 29.7 Å². The molecule has 0 atom stereocenters. The van der Waals surface area contributed by atoms with Crippen molar-refractivity contribution in [3.05, 3.63) is 66.7 Å². The lowest BCUT2D eigenvalue weighted by molar-refractivity contribution is 0.0524. The van der Waals surface area contributed by atoms with Crippen LogP contribution in [0.1, 0.15) is 135 Å². The summed E-state index contributed by atoms with van der Waals surface area (Å²) in [6, 6.07) is 16.4. The lowest BCUT2D eigenvalue weighted by atomic mass is 10.1. The number of benzene rings is 2. The molecule has 2 aromatic carbocycles. The monoisotopic (exact) mass is 749 g/mol. The van der Waals surface area contributed by atoms with Gasteiger partial charge in [0.15, 0.2) is 0 Å². The third-order valence-corrected chi connectivity index (χ3v) is 9.51. The first kappa shape index (κ1) is 44.2. The molecule has 54 heavy (non-hydrogen) atoms. The molecule has 0 bridgehead atoms. The fourth-order valence-corrected chi connectivity index (χ4v) is 6.26. The molecule has 300 valence electrons. The number of rotatable bonds is 27. The van der Waals surface area contributed by atoms with E-state index in [1.807, 2.05) is 30.3 Å². The largest absolute Gasteiger partial charge is 0.457 e. The van der Waals surface area contributed by atoms with Gasteiger partial charge in [-0.1, -0.05) is 101 Å². The Hall–Kier alpha value is -4.21. The Bertz CT molecular complexity index is 1300. The van der Waals surface area contributed by atoms with Gasteiger partial charge in [0, 0.05) is 39.0 Å². The minimum absolute atomic E-state index is 0.242. The van der Waals surface area contributed by atoms with E-state index in [9.17, 15) is 14.4 Å². The van der Waals surface area contributed by atoms with E-state index in [-0.39, 0.29) is 12.2 Å². The minimum atomic E-state index is -0.435.